The van der Waals surface area contributed by atoms with Crippen molar-refractivity contribution in [3.8, 4) is 0 Å². The molecule has 1 heterocycles. The van der Waals surface area contributed by atoms with Gasteiger partial charge in [-0.25, -0.2) is 0 Å². The number of alkyl halides is 3. The molecule has 2 N–H and O–H groups in total. The minimum atomic E-state index is -4.22. The molecule has 1 aliphatic carbocycles. The summed E-state index contributed by atoms with van der Waals surface area (Å²) >= 11 is 0. The van der Waals surface area contributed by atoms with Crippen LogP contribution in [0, 0.1) is 5.92 Å². The van der Waals surface area contributed by atoms with Gasteiger partial charge >= 0.3 is 6.18 Å². The van der Waals surface area contributed by atoms with Crippen LogP contribution in [0.3, 0.4) is 0 Å². The minimum Gasteiger partial charge on any atom is -0.339 e. The predicted octanol–water partition coefficient (Wildman–Crippen LogP) is 3.27. The first-order valence-corrected chi connectivity index (χ1v) is 6.73. The van der Waals surface area contributed by atoms with Crippen LogP contribution in [0.15, 0.2) is 4.52 Å². The number of nitrogens with two attached hydrogens (primary N) is 1. The Morgan fingerprint density at radius 2 is 1.95 bits per heavy atom. The van der Waals surface area contributed by atoms with Crippen molar-refractivity contribution in [2.45, 2.75) is 63.6 Å². The average molecular weight is 291 g/mol. The van der Waals surface area contributed by atoms with E-state index in [9.17, 15) is 13.2 Å². The second kappa shape index (κ2) is 4.72. The summed E-state index contributed by atoms with van der Waals surface area (Å²) in [5.74, 6) is -0.805. The molecular weight excluding hydrogens is 271 g/mol. The second-order valence-corrected chi connectivity index (χ2v) is 6.66. The van der Waals surface area contributed by atoms with Crippen molar-refractivity contribution in [1.29, 1.82) is 0 Å². The van der Waals surface area contributed by atoms with Crippen LogP contribution < -0.4 is 5.73 Å². The van der Waals surface area contributed by atoms with Crippen LogP contribution in [0.1, 0.15) is 58.2 Å². The highest BCUT2D eigenvalue weighted by atomic mass is 19.4. The fourth-order valence-corrected chi connectivity index (χ4v) is 2.52. The molecule has 1 aliphatic rings. The molecule has 2 unspecified atom stereocenters. The van der Waals surface area contributed by atoms with E-state index in [4.69, 9.17) is 10.3 Å². The Labute approximate surface area is 115 Å². The van der Waals surface area contributed by atoms with Crippen molar-refractivity contribution in [1.82, 2.24) is 10.1 Å². The van der Waals surface area contributed by atoms with E-state index in [0.717, 1.165) is 0 Å². The van der Waals surface area contributed by atoms with Crippen molar-refractivity contribution < 1.29 is 17.7 Å². The van der Waals surface area contributed by atoms with Gasteiger partial charge in [0.1, 0.15) is 0 Å². The summed E-state index contributed by atoms with van der Waals surface area (Å²) in [7, 11) is 0. The van der Waals surface area contributed by atoms with Crippen LogP contribution in [0.2, 0.25) is 0 Å². The molecule has 0 bridgehead atoms. The van der Waals surface area contributed by atoms with Crippen molar-refractivity contribution in [3.05, 3.63) is 11.7 Å². The number of nitrogens with zero attached hydrogens (tertiary/aromatic N) is 2. The van der Waals surface area contributed by atoms with E-state index < -0.39 is 17.6 Å². The molecule has 2 rings (SSSR count). The van der Waals surface area contributed by atoms with Gasteiger partial charge in [0.25, 0.3) is 0 Å². The summed E-state index contributed by atoms with van der Waals surface area (Å²) < 4.78 is 43.8. The zero-order chi connectivity index (χ0) is 15.2. The topological polar surface area (TPSA) is 64.9 Å². The van der Waals surface area contributed by atoms with Crippen molar-refractivity contribution in [2.75, 3.05) is 0 Å². The first kappa shape index (κ1) is 15.3. The van der Waals surface area contributed by atoms with Gasteiger partial charge in [0.05, 0.1) is 11.5 Å². The molecule has 0 radical (unpaired) electrons. The molecular formula is C13H20F3N3O. The maximum Gasteiger partial charge on any atom is 0.391 e. The molecule has 7 heteroatoms. The fourth-order valence-electron chi connectivity index (χ4n) is 2.52. The molecule has 0 spiro atoms. The van der Waals surface area contributed by atoms with Gasteiger partial charge in [0.15, 0.2) is 5.82 Å². The smallest absolute Gasteiger partial charge is 0.339 e. The lowest BCUT2D eigenvalue weighted by atomic mass is 9.75. The van der Waals surface area contributed by atoms with E-state index in [1.54, 1.807) is 0 Å². The molecule has 1 aromatic heterocycles. The highest BCUT2D eigenvalue weighted by Crippen LogP contribution is 2.44. The molecule has 114 valence electrons. The molecule has 1 aromatic rings. The largest absolute Gasteiger partial charge is 0.391 e. The lowest BCUT2D eigenvalue weighted by Crippen LogP contribution is -2.45. The van der Waals surface area contributed by atoms with E-state index in [2.05, 4.69) is 10.1 Å². The second-order valence-electron chi connectivity index (χ2n) is 6.66. The van der Waals surface area contributed by atoms with E-state index in [1.165, 1.54) is 0 Å². The zero-order valence-electron chi connectivity index (χ0n) is 11.9. The van der Waals surface area contributed by atoms with Gasteiger partial charge < -0.3 is 10.3 Å². The third kappa shape index (κ3) is 2.97. The first-order valence-electron chi connectivity index (χ1n) is 6.73. The average Bonchev–Trinajstić information content (AvgIpc) is 2.77. The third-order valence-corrected chi connectivity index (χ3v) is 3.76. The molecule has 1 saturated carbocycles. The molecule has 2 atom stereocenters. The highest BCUT2D eigenvalue weighted by molar-refractivity contribution is 5.09. The number of aromatic nitrogens is 2. The van der Waals surface area contributed by atoms with Crippen LogP contribution in [-0.4, -0.2) is 16.3 Å². The van der Waals surface area contributed by atoms with Gasteiger partial charge in [-0.05, 0) is 19.3 Å². The quantitative estimate of drug-likeness (QED) is 0.862. The third-order valence-electron chi connectivity index (χ3n) is 3.76. The maximum absolute atomic E-state index is 12.9. The van der Waals surface area contributed by atoms with Gasteiger partial charge in [-0.15, -0.1) is 0 Å². The van der Waals surface area contributed by atoms with E-state index in [0.29, 0.717) is 18.7 Å². The fraction of sp³-hybridized carbons (Fsp3) is 0.846. The van der Waals surface area contributed by atoms with Crippen molar-refractivity contribution in [2.24, 2.45) is 11.7 Å². The highest BCUT2D eigenvalue weighted by Gasteiger charge is 2.48. The molecule has 0 aromatic carbocycles. The number of hydrogen-bond acceptors (Lipinski definition) is 4. The Hall–Kier alpha value is -1.11. The Kier molecular flexibility index (Phi) is 3.60. The molecule has 0 amide bonds. The van der Waals surface area contributed by atoms with E-state index >= 15 is 0 Å². The zero-order valence-corrected chi connectivity index (χ0v) is 11.9. The molecule has 0 saturated heterocycles. The van der Waals surface area contributed by atoms with Crippen LogP contribution in [-0.2, 0) is 11.0 Å². The Bertz CT molecular complexity index is 478. The molecule has 0 aliphatic heterocycles. The molecule has 20 heavy (non-hydrogen) atoms. The molecule has 1 fully saturated rings. The summed E-state index contributed by atoms with van der Waals surface area (Å²) in [4.78, 5) is 4.22. The van der Waals surface area contributed by atoms with E-state index in [1.807, 2.05) is 20.8 Å². The lowest BCUT2D eigenvalue weighted by molar-refractivity contribution is -0.187. The lowest BCUT2D eigenvalue weighted by Gasteiger charge is -2.36. The SMILES string of the molecule is CC(C)(C)c1nc(C2(N)CCCC(C(F)(F)F)C2)no1. The standard InChI is InChI=1S/C13H20F3N3O/c1-11(2,3)10-18-9(19-20-10)12(17)6-4-5-8(7-12)13(14,15)16/h8H,4-7,17H2,1-3H3. The monoisotopic (exact) mass is 291 g/mol. The van der Waals surface area contributed by atoms with Crippen LogP contribution >= 0.6 is 0 Å². The number of halogens is 3. The van der Waals surface area contributed by atoms with Gasteiger partial charge in [-0.3, -0.25) is 0 Å². The van der Waals surface area contributed by atoms with E-state index in [-0.39, 0.29) is 24.1 Å². The number of hydrogen-bond donors (Lipinski definition) is 1. The first-order chi connectivity index (χ1) is 9.02. The Balaban J connectivity index is 2.24. The van der Waals surface area contributed by atoms with Crippen LogP contribution in [0.25, 0.3) is 0 Å². The maximum atomic E-state index is 12.9. The summed E-state index contributed by atoms with van der Waals surface area (Å²) in [6, 6.07) is 0. The van der Waals surface area contributed by atoms with Crippen LogP contribution in [0.4, 0.5) is 13.2 Å². The van der Waals surface area contributed by atoms with Crippen LogP contribution in [0.5, 0.6) is 0 Å². The normalized spacial score (nSPS) is 28.6. The summed E-state index contributed by atoms with van der Waals surface area (Å²) in [6.45, 7) is 5.69. The summed E-state index contributed by atoms with van der Waals surface area (Å²) in [5.41, 5.74) is 4.64. The van der Waals surface area contributed by atoms with Crippen molar-refractivity contribution >= 4 is 0 Å². The van der Waals surface area contributed by atoms with Gasteiger partial charge in [0, 0.05) is 5.41 Å². The molecule has 4 nitrogen and oxygen atoms in total. The van der Waals surface area contributed by atoms with Gasteiger partial charge in [-0.2, -0.15) is 18.2 Å². The predicted molar refractivity (Wildman–Crippen MR) is 66.9 cm³/mol. The summed E-state index contributed by atoms with van der Waals surface area (Å²) in [5, 5.41) is 3.82. The Morgan fingerprint density at radius 3 is 2.45 bits per heavy atom. The number of rotatable bonds is 1. The van der Waals surface area contributed by atoms with Gasteiger partial charge in [-0.1, -0.05) is 32.3 Å². The van der Waals surface area contributed by atoms with Crippen molar-refractivity contribution in [3.63, 3.8) is 0 Å². The Morgan fingerprint density at radius 1 is 1.30 bits per heavy atom. The minimum absolute atomic E-state index is 0.117. The summed E-state index contributed by atoms with van der Waals surface area (Å²) in [6.07, 6.45) is -3.42. The van der Waals surface area contributed by atoms with Gasteiger partial charge in [0.2, 0.25) is 5.89 Å².